The molecule has 0 saturated heterocycles. The number of benzene rings is 2. The van der Waals surface area contributed by atoms with Crippen LogP contribution in [0.2, 0.25) is 0 Å². The highest BCUT2D eigenvalue weighted by molar-refractivity contribution is 5.82. The quantitative estimate of drug-likeness (QED) is 0.446. The van der Waals surface area contributed by atoms with Crippen molar-refractivity contribution in [2.75, 3.05) is 0 Å². The maximum atomic E-state index is 10.7. The second-order valence-corrected chi connectivity index (χ2v) is 4.40. The lowest BCUT2D eigenvalue weighted by molar-refractivity contribution is -0.384. The van der Waals surface area contributed by atoms with Crippen LogP contribution in [0.1, 0.15) is 11.1 Å². The number of nitrogens with one attached hydrogen (secondary N) is 1. The van der Waals surface area contributed by atoms with E-state index in [1.165, 1.54) is 6.07 Å². The molecule has 3 aromatic rings. The van der Waals surface area contributed by atoms with Gasteiger partial charge in [-0.3, -0.25) is 15.2 Å². The van der Waals surface area contributed by atoms with Gasteiger partial charge in [0, 0.05) is 17.5 Å². The number of non-ortho nitro benzene ring substituents is 1. The van der Waals surface area contributed by atoms with Crippen molar-refractivity contribution in [2.45, 2.75) is 0 Å². The summed E-state index contributed by atoms with van der Waals surface area (Å²) in [7, 11) is 0. The topological polar surface area (TPSA) is 71.8 Å². The van der Waals surface area contributed by atoms with E-state index >= 15 is 0 Å². The van der Waals surface area contributed by atoms with Crippen LogP contribution in [0, 0.1) is 10.1 Å². The van der Waals surface area contributed by atoms with Gasteiger partial charge in [0.05, 0.1) is 16.6 Å². The Morgan fingerprint density at radius 2 is 1.90 bits per heavy atom. The summed E-state index contributed by atoms with van der Waals surface area (Å²) in [6.07, 6.45) is 5.53. The molecular formula is C15H11N3O2. The molecule has 98 valence electrons. The van der Waals surface area contributed by atoms with Crippen LogP contribution in [0.5, 0.6) is 0 Å². The maximum Gasteiger partial charge on any atom is 0.270 e. The van der Waals surface area contributed by atoms with Crippen molar-refractivity contribution in [3.05, 3.63) is 69.9 Å². The first-order chi connectivity index (χ1) is 9.72. The minimum absolute atomic E-state index is 0.0937. The number of aromatic amines is 1. The lowest BCUT2D eigenvalue weighted by atomic mass is 10.1. The second kappa shape index (κ2) is 4.97. The zero-order valence-corrected chi connectivity index (χ0v) is 10.5. The van der Waals surface area contributed by atoms with Gasteiger partial charge in [-0.25, -0.2) is 0 Å². The highest BCUT2D eigenvalue weighted by Crippen LogP contribution is 2.17. The smallest absolute Gasteiger partial charge is 0.270 e. The number of rotatable bonds is 3. The third-order valence-electron chi connectivity index (χ3n) is 3.02. The van der Waals surface area contributed by atoms with E-state index in [4.69, 9.17) is 0 Å². The van der Waals surface area contributed by atoms with Crippen LogP contribution in [-0.2, 0) is 0 Å². The number of hydrogen-bond acceptors (Lipinski definition) is 3. The molecule has 1 N–H and O–H groups in total. The molecule has 0 bridgehead atoms. The van der Waals surface area contributed by atoms with Crippen molar-refractivity contribution in [1.82, 2.24) is 10.2 Å². The second-order valence-electron chi connectivity index (χ2n) is 4.40. The van der Waals surface area contributed by atoms with Crippen molar-refractivity contribution in [3.8, 4) is 0 Å². The Kier molecular flexibility index (Phi) is 3.01. The minimum atomic E-state index is -0.395. The van der Waals surface area contributed by atoms with Gasteiger partial charge in [0.25, 0.3) is 5.69 Å². The van der Waals surface area contributed by atoms with Crippen LogP contribution in [0.3, 0.4) is 0 Å². The molecule has 1 heterocycles. The summed E-state index contributed by atoms with van der Waals surface area (Å²) >= 11 is 0. The first-order valence-corrected chi connectivity index (χ1v) is 6.08. The van der Waals surface area contributed by atoms with Crippen molar-refractivity contribution in [3.63, 3.8) is 0 Å². The largest absolute Gasteiger partial charge is 0.278 e. The van der Waals surface area contributed by atoms with E-state index in [9.17, 15) is 10.1 Å². The van der Waals surface area contributed by atoms with E-state index in [1.807, 2.05) is 36.4 Å². The van der Waals surface area contributed by atoms with Crippen LogP contribution in [0.25, 0.3) is 23.1 Å². The summed E-state index contributed by atoms with van der Waals surface area (Å²) in [6.45, 7) is 0. The van der Waals surface area contributed by atoms with Crippen LogP contribution in [0.15, 0.2) is 48.7 Å². The summed E-state index contributed by atoms with van der Waals surface area (Å²) in [5.41, 5.74) is 2.86. The van der Waals surface area contributed by atoms with E-state index in [-0.39, 0.29) is 5.69 Å². The fourth-order valence-corrected chi connectivity index (χ4v) is 1.99. The van der Waals surface area contributed by atoms with Crippen molar-refractivity contribution in [1.29, 1.82) is 0 Å². The van der Waals surface area contributed by atoms with Gasteiger partial charge in [-0.2, -0.15) is 5.10 Å². The molecular weight excluding hydrogens is 254 g/mol. The number of H-pyrrole nitrogens is 1. The molecule has 0 spiro atoms. The van der Waals surface area contributed by atoms with Crippen molar-refractivity contribution >= 4 is 28.7 Å². The van der Waals surface area contributed by atoms with E-state index in [0.717, 1.165) is 22.0 Å². The summed E-state index contributed by atoms with van der Waals surface area (Å²) < 4.78 is 0. The highest BCUT2D eigenvalue weighted by atomic mass is 16.6. The molecule has 0 aliphatic heterocycles. The SMILES string of the molecule is O=[N+]([O-])c1cccc(/C=C/c2ccc3cn[nH]c3c2)c1. The first kappa shape index (κ1) is 12.1. The number of hydrogen-bond donors (Lipinski definition) is 1. The number of nitro benzene ring substituents is 1. The van der Waals surface area contributed by atoms with Gasteiger partial charge in [0.2, 0.25) is 0 Å². The fraction of sp³-hybridized carbons (Fsp3) is 0. The summed E-state index contributed by atoms with van der Waals surface area (Å²) in [5.74, 6) is 0. The van der Waals surface area contributed by atoms with E-state index < -0.39 is 4.92 Å². The molecule has 0 radical (unpaired) electrons. The van der Waals surface area contributed by atoms with E-state index in [2.05, 4.69) is 10.2 Å². The standard InChI is InChI=1S/C15H11N3O2/c19-18(20)14-3-1-2-11(8-14)4-5-12-6-7-13-10-16-17-15(13)9-12/h1-10H,(H,16,17)/b5-4+. The summed E-state index contributed by atoms with van der Waals surface area (Å²) in [6, 6.07) is 12.5. The van der Waals surface area contributed by atoms with Crippen LogP contribution >= 0.6 is 0 Å². The first-order valence-electron chi connectivity index (χ1n) is 6.08. The van der Waals surface area contributed by atoms with E-state index in [0.29, 0.717) is 0 Å². The Morgan fingerprint density at radius 1 is 1.10 bits per heavy atom. The molecule has 5 nitrogen and oxygen atoms in total. The molecule has 0 unspecified atom stereocenters. The normalized spacial score (nSPS) is 11.2. The maximum absolute atomic E-state index is 10.7. The zero-order chi connectivity index (χ0) is 13.9. The molecule has 0 aliphatic carbocycles. The van der Waals surface area contributed by atoms with Gasteiger partial charge >= 0.3 is 0 Å². The van der Waals surface area contributed by atoms with Gasteiger partial charge in [-0.15, -0.1) is 0 Å². The fourth-order valence-electron chi connectivity index (χ4n) is 1.99. The molecule has 0 aliphatic rings. The van der Waals surface area contributed by atoms with Gasteiger partial charge in [-0.1, -0.05) is 36.4 Å². The van der Waals surface area contributed by atoms with Crippen molar-refractivity contribution in [2.24, 2.45) is 0 Å². The monoisotopic (exact) mass is 265 g/mol. The lowest BCUT2D eigenvalue weighted by Crippen LogP contribution is -1.87. The van der Waals surface area contributed by atoms with Crippen LogP contribution in [0.4, 0.5) is 5.69 Å². The Morgan fingerprint density at radius 3 is 2.70 bits per heavy atom. The molecule has 5 heteroatoms. The third kappa shape index (κ3) is 2.42. The molecule has 0 amide bonds. The lowest BCUT2D eigenvalue weighted by Gasteiger charge is -1.96. The van der Waals surface area contributed by atoms with Crippen LogP contribution in [-0.4, -0.2) is 15.1 Å². The molecule has 20 heavy (non-hydrogen) atoms. The zero-order valence-electron chi connectivity index (χ0n) is 10.5. The Labute approximate surface area is 114 Å². The summed E-state index contributed by atoms with van der Waals surface area (Å²) in [4.78, 5) is 10.3. The molecule has 3 rings (SSSR count). The highest BCUT2D eigenvalue weighted by Gasteiger charge is 2.03. The van der Waals surface area contributed by atoms with Gasteiger partial charge in [0.15, 0.2) is 0 Å². The predicted octanol–water partition coefficient (Wildman–Crippen LogP) is 3.64. The predicted molar refractivity (Wildman–Crippen MR) is 78.1 cm³/mol. The average molecular weight is 265 g/mol. The number of nitro groups is 1. The van der Waals surface area contributed by atoms with Crippen molar-refractivity contribution < 1.29 is 4.92 Å². The number of fused-ring (bicyclic) bond motifs is 1. The minimum Gasteiger partial charge on any atom is -0.278 e. The third-order valence-corrected chi connectivity index (χ3v) is 3.02. The van der Waals surface area contributed by atoms with Gasteiger partial charge < -0.3 is 0 Å². The van der Waals surface area contributed by atoms with Gasteiger partial charge in [-0.05, 0) is 17.2 Å². The molecule has 0 fully saturated rings. The Balaban J connectivity index is 1.89. The Bertz CT molecular complexity index is 805. The molecule has 1 aromatic heterocycles. The summed E-state index contributed by atoms with van der Waals surface area (Å²) in [5, 5.41) is 18.6. The molecule has 0 saturated carbocycles. The van der Waals surface area contributed by atoms with Crippen LogP contribution < -0.4 is 0 Å². The number of aromatic nitrogens is 2. The molecule has 2 aromatic carbocycles. The van der Waals surface area contributed by atoms with E-state index in [1.54, 1.807) is 18.3 Å². The number of nitrogens with zero attached hydrogens (tertiary/aromatic N) is 2. The van der Waals surface area contributed by atoms with Gasteiger partial charge in [0.1, 0.15) is 0 Å². The average Bonchev–Trinajstić information content (AvgIpc) is 2.93. The Hall–Kier alpha value is -2.95. The molecule has 0 atom stereocenters.